The van der Waals surface area contributed by atoms with E-state index < -0.39 is 40.9 Å². The van der Waals surface area contributed by atoms with E-state index in [0.29, 0.717) is 11.8 Å². The van der Waals surface area contributed by atoms with E-state index in [0.717, 1.165) is 6.07 Å². The minimum absolute atomic E-state index is 0.0304. The first-order valence-corrected chi connectivity index (χ1v) is 14.9. The van der Waals surface area contributed by atoms with Gasteiger partial charge >= 0.3 is 6.01 Å². The Kier molecular flexibility index (Phi) is 7.31. The van der Waals surface area contributed by atoms with Crippen LogP contribution in [0.1, 0.15) is 12.8 Å². The van der Waals surface area contributed by atoms with Crippen LogP contribution in [0.5, 0.6) is 6.01 Å². The van der Waals surface area contributed by atoms with Crippen LogP contribution in [0.15, 0.2) is 48.8 Å². The molecule has 1 unspecified atom stereocenters. The van der Waals surface area contributed by atoms with Gasteiger partial charge in [-0.1, -0.05) is 42.4 Å². The van der Waals surface area contributed by atoms with E-state index >= 15 is 8.78 Å². The third-order valence-electron chi connectivity index (χ3n) is 9.15. The highest BCUT2D eigenvalue weighted by Gasteiger charge is 2.50. The molecule has 3 saturated heterocycles. The van der Waals surface area contributed by atoms with E-state index in [1.807, 2.05) is 4.90 Å². The number of ether oxygens (including phenoxy) is 1. The van der Waals surface area contributed by atoms with Gasteiger partial charge in [0.05, 0.1) is 22.7 Å². The molecule has 4 atom stereocenters. The third-order valence-corrected chi connectivity index (χ3v) is 9.52. The molecular formula is C32H27ClF5N5O2. The van der Waals surface area contributed by atoms with Crippen molar-refractivity contribution in [2.24, 2.45) is 0 Å². The predicted octanol–water partition coefficient (Wildman–Crippen LogP) is 6.21. The molecule has 0 N–H and O–H groups in total. The number of aromatic nitrogens is 2. The molecule has 1 amide bonds. The molecule has 3 aliphatic heterocycles. The summed E-state index contributed by atoms with van der Waals surface area (Å²) in [5, 5.41) is 0.408. The molecule has 13 heteroatoms. The highest BCUT2D eigenvalue weighted by atomic mass is 35.5. The Morgan fingerprint density at radius 3 is 2.64 bits per heavy atom. The quantitative estimate of drug-likeness (QED) is 0.184. The zero-order chi connectivity index (χ0) is 31.7. The molecular weight excluding hydrogens is 617 g/mol. The molecule has 7 rings (SSSR count). The van der Waals surface area contributed by atoms with Crippen LogP contribution in [0.4, 0.5) is 27.8 Å². The Balaban J connectivity index is 1.35. The summed E-state index contributed by atoms with van der Waals surface area (Å²) in [6.07, 6.45) is -0.291. The van der Waals surface area contributed by atoms with Gasteiger partial charge < -0.3 is 14.5 Å². The van der Waals surface area contributed by atoms with Crippen LogP contribution in [0, 0.1) is 17.5 Å². The molecule has 3 fully saturated rings. The molecule has 0 bridgehead atoms. The second kappa shape index (κ2) is 11.1. The minimum Gasteiger partial charge on any atom is -0.462 e. The number of fused-ring (bicyclic) bond motifs is 3. The lowest BCUT2D eigenvalue weighted by Crippen LogP contribution is -2.63. The summed E-state index contributed by atoms with van der Waals surface area (Å²) in [5.74, 6) is -4.38. The van der Waals surface area contributed by atoms with Crippen molar-refractivity contribution in [1.82, 2.24) is 19.8 Å². The fraction of sp³-hybridized carbons (Fsp3) is 0.344. The lowest BCUT2D eigenvalue weighted by atomic mass is 9.94. The van der Waals surface area contributed by atoms with Gasteiger partial charge in [-0.05, 0) is 43.0 Å². The van der Waals surface area contributed by atoms with Gasteiger partial charge in [0, 0.05) is 36.4 Å². The van der Waals surface area contributed by atoms with Gasteiger partial charge in [-0.15, -0.1) is 0 Å². The molecule has 4 heterocycles. The number of anilines is 1. The van der Waals surface area contributed by atoms with E-state index in [1.165, 1.54) is 23.1 Å². The first-order valence-electron chi connectivity index (χ1n) is 14.5. The Morgan fingerprint density at radius 2 is 1.91 bits per heavy atom. The number of carbonyl (C=O) groups excluding carboxylic acids is 1. The van der Waals surface area contributed by atoms with Crippen molar-refractivity contribution in [3.63, 3.8) is 0 Å². The number of nitrogens with zero attached hydrogens (tertiary/aromatic N) is 5. The highest BCUT2D eigenvalue weighted by Crippen LogP contribution is 2.44. The van der Waals surface area contributed by atoms with Crippen LogP contribution < -0.4 is 9.64 Å². The fourth-order valence-electron chi connectivity index (χ4n) is 6.86. The zero-order valence-electron chi connectivity index (χ0n) is 24.0. The van der Waals surface area contributed by atoms with Crippen LogP contribution in [-0.2, 0) is 4.79 Å². The van der Waals surface area contributed by atoms with Gasteiger partial charge in [0.25, 0.3) is 5.91 Å². The van der Waals surface area contributed by atoms with Crippen molar-refractivity contribution < 1.29 is 31.5 Å². The Morgan fingerprint density at radius 1 is 1.11 bits per heavy atom. The maximum Gasteiger partial charge on any atom is 0.319 e. The van der Waals surface area contributed by atoms with Crippen LogP contribution in [-0.4, -0.2) is 83.3 Å². The fourth-order valence-corrected chi connectivity index (χ4v) is 7.13. The molecule has 0 radical (unpaired) electrons. The van der Waals surface area contributed by atoms with Crippen LogP contribution in [0.25, 0.3) is 32.8 Å². The first kappa shape index (κ1) is 29.7. The lowest BCUT2D eigenvalue weighted by Gasteiger charge is -2.47. The Hall–Kier alpha value is -4.03. The summed E-state index contributed by atoms with van der Waals surface area (Å²) in [6, 6.07) is 7.37. The smallest absolute Gasteiger partial charge is 0.319 e. The number of hydrogen-bond donors (Lipinski definition) is 0. The standard InChI is InChI=1S/C32H27ClF5N5O2/c1-15(34)31(44)42-9-8-23-24(42)13-43(23)30-20-11-22(37)26(19-5-3-4-16-6-7-21(36)27(33)25(16)19)28(38)29(20)39-32(40-30)45-14-18-10-17(35)12-41(18)2/h3-7,11,17-18,23-24H,1,8-10,12-14H2,2H3/t17-,18+,23?,24-/m1/s1. The molecule has 7 nitrogen and oxygen atoms in total. The minimum atomic E-state index is -1.06. The van der Waals surface area contributed by atoms with Crippen molar-refractivity contribution in [3.8, 4) is 17.1 Å². The Labute approximate surface area is 259 Å². The Bertz CT molecular complexity index is 1890. The predicted molar refractivity (Wildman–Crippen MR) is 160 cm³/mol. The lowest BCUT2D eigenvalue weighted by molar-refractivity contribution is -0.130. The number of amides is 1. The molecule has 0 spiro atoms. The van der Waals surface area contributed by atoms with Gasteiger partial charge in [0.15, 0.2) is 11.6 Å². The van der Waals surface area contributed by atoms with Crippen molar-refractivity contribution in [2.75, 3.05) is 38.2 Å². The summed E-state index contributed by atoms with van der Waals surface area (Å²) < 4.78 is 80.7. The second-order valence-electron chi connectivity index (χ2n) is 11.8. The number of rotatable bonds is 6. The SMILES string of the molecule is C=C(F)C(=O)N1CCC2[C@H]1CN2c1nc(OC[C@@H]2C[C@@H](F)CN2C)nc2c(F)c(-c3cccc4ccc(F)c(Cl)c34)c(F)cc12. The number of hydrogen-bond acceptors (Lipinski definition) is 6. The molecule has 0 saturated carbocycles. The number of benzene rings is 3. The van der Waals surface area contributed by atoms with Gasteiger partial charge in [-0.2, -0.15) is 9.97 Å². The molecule has 3 aliphatic rings. The normalized spacial score (nSPS) is 23.1. The average Bonchev–Trinajstić information content (AvgIpc) is 3.50. The summed E-state index contributed by atoms with van der Waals surface area (Å²) >= 11 is 6.29. The monoisotopic (exact) mass is 643 g/mol. The van der Waals surface area contributed by atoms with E-state index in [4.69, 9.17) is 16.3 Å². The van der Waals surface area contributed by atoms with Crippen molar-refractivity contribution in [1.29, 1.82) is 0 Å². The molecule has 0 aliphatic carbocycles. The number of carbonyl (C=O) groups is 1. The van der Waals surface area contributed by atoms with E-state index in [2.05, 4.69) is 16.5 Å². The number of likely N-dealkylation sites (N-methyl/N-ethyl adjacent to an activating group) is 1. The summed E-state index contributed by atoms with van der Waals surface area (Å²) in [6.45, 7) is 3.90. The van der Waals surface area contributed by atoms with Crippen LogP contribution in [0.3, 0.4) is 0 Å². The maximum atomic E-state index is 16.6. The zero-order valence-corrected chi connectivity index (χ0v) is 24.8. The van der Waals surface area contributed by atoms with Crippen molar-refractivity contribution >= 4 is 45.0 Å². The number of alkyl halides is 1. The van der Waals surface area contributed by atoms with Gasteiger partial charge in [-0.3, -0.25) is 9.69 Å². The maximum absolute atomic E-state index is 16.6. The third kappa shape index (κ3) is 4.85. The van der Waals surface area contributed by atoms with Crippen LogP contribution >= 0.6 is 11.6 Å². The molecule has 45 heavy (non-hydrogen) atoms. The molecule has 4 aromatic rings. The largest absolute Gasteiger partial charge is 0.462 e. The first-order chi connectivity index (χ1) is 21.5. The second-order valence-corrected chi connectivity index (χ2v) is 12.1. The van der Waals surface area contributed by atoms with Gasteiger partial charge in [0.1, 0.15) is 35.7 Å². The summed E-state index contributed by atoms with van der Waals surface area (Å²) in [5.41, 5.74) is -0.656. The molecule has 1 aromatic heterocycles. The van der Waals surface area contributed by atoms with E-state index in [9.17, 15) is 18.0 Å². The van der Waals surface area contributed by atoms with E-state index in [1.54, 1.807) is 24.1 Å². The summed E-state index contributed by atoms with van der Waals surface area (Å²) in [7, 11) is 1.77. The van der Waals surface area contributed by atoms with Gasteiger partial charge in [0.2, 0.25) is 0 Å². The average molecular weight is 644 g/mol. The summed E-state index contributed by atoms with van der Waals surface area (Å²) in [4.78, 5) is 26.2. The van der Waals surface area contributed by atoms with Crippen molar-refractivity contribution in [2.45, 2.75) is 37.1 Å². The number of halogens is 6. The van der Waals surface area contributed by atoms with E-state index in [-0.39, 0.29) is 89.5 Å². The molecule has 234 valence electrons. The van der Waals surface area contributed by atoms with Gasteiger partial charge in [-0.25, -0.2) is 22.0 Å². The van der Waals surface area contributed by atoms with Crippen molar-refractivity contribution in [3.05, 3.63) is 71.3 Å². The molecule has 3 aromatic carbocycles. The number of likely N-dealkylation sites (tertiary alicyclic amines) is 2. The topological polar surface area (TPSA) is 61.8 Å². The van der Waals surface area contributed by atoms with Crippen LogP contribution in [0.2, 0.25) is 5.02 Å². The highest BCUT2D eigenvalue weighted by molar-refractivity contribution is 6.37.